The number of rotatable bonds is 2. The minimum Gasteiger partial charge on any atom is -0.319 e. The maximum Gasteiger partial charge on any atom is 0.255 e. The van der Waals surface area contributed by atoms with Crippen molar-refractivity contribution in [1.29, 1.82) is 0 Å². The molecule has 0 bridgehead atoms. The van der Waals surface area contributed by atoms with Crippen LogP contribution in [0.3, 0.4) is 0 Å². The van der Waals surface area contributed by atoms with Gasteiger partial charge in [0.25, 0.3) is 5.91 Å². The molecule has 0 unspecified atom stereocenters. The molecule has 0 saturated heterocycles. The topological polar surface area (TPSA) is 42.0 Å². The van der Waals surface area contributed by atoms with Crippen LogP contribution in [0.2, 0.25) is 10.0 Å². The molecule has 2 aromatic rings. The van der Waals surface area contributed by atoms with Gasteiger partial charge in [-0.3, -0.25) is 4.79 Å². The number of nitrogens with zero attached hydrogens (tertiary/aromatic N) is 1. The van der Waals surface area contributed by atoms with Gasteiger partial charge < -0.3 is 5.32 Å². The molecule has 1 amide bonds. The van der Waals surface area contributed by atoms with Gasteiger partial charge in [0.1, 0.15) is 4.60 Å². The van der Waals surface area contributed by atoms with Gasteiger partial charge in [-0.15, -0.1) is 0 Å². The third-order valence-corrected chi connectivity index (χ3v) is 3.72. The molecule has 1 aromatic carbocycles. The van der Waals surface area contributed by atoms with E-state index in [4.69, 9.17) is 23.2 Å². The van der Waals surface area contributed by atoms with Crippen molar-refractivity contribution in [1.82, 2.24) is 4.98 Å². The normalized spacial score (nSPS) is 10.3. The Hall–Kier alpha value is -0.620. The fraction of sp³-hybridized carbons (Fsp3) is 0. The number of aromatic nitrogens is 1. The van der Waals surface area contributed by atoms with Gasteiger partial charge in [-0.2, -0.15) is 0 Å². The fourth-order valence-corrected chi connectivity index (χ4v) is 3.06. The zero-order chi connectivity index (χ0) is 14.0. The van der Waals surface area contributed by atoms with E-state index in [9.17, 15) is 4.79 Å². The quantitative estimate of drug-likeness (QED) is 0.676. The molecule has 1 aromatic heterocycles. The van der Waals surface area contributed by atoms with Crippen LogP contribution in [-0.2, 0) is 0 Å². The molecule has 1 heterocycles. The first kappa shape index (κ1) is 14.8. The third kappa shape index (κ3) is 3.69. The molecule has 98 valence electrons. The lowest BCUT2D eigenvalue weighted by Gasteiger charge is -2.10. The predicted octanol–water partition coefficient (Wildman–Crippen LogP) is 5.17. The zero-order valence-electron chi connectivity index (χ0n) is 9.25. The van der Waals surface area contributed by atoms with Gasteiger partial charge in [-0.1, -0.05) is 39.1 Å². The molecule has 0 fully saturated rings. The van der Waals surface area contributed by atoms with E-state index in [1.165, 1.54) is 6.20 Å². The van der Waals surface area contributed by atoms with Crippen LogP contribution in [0.25, 0.3) is 0 Å². The summed E-state index contributed by atoms with van der Waals surface area (Å²) in [5.41, 5.74) is 0.835. The van der Waals surface area contributed by atoms with E-state index in [0.717, 1.165) is 4.47 Å². The van der Waals surface area contributed by atoms with Crippen molar-refractivity contribution in [2.75, 3.05) is 5.32 Å². The number of carbonyl (C=O) groups excluding carboxylic acids is 1. The SMILES string of the molecule is O=C(Nc1c(Cl)cc(Br)cc1Cl)c1ccnc(Br)c1. The van der Waals surface area contributed by atoms with Gasteiger partial charge in [0.05, 0.1) is 15.7 Å². The number of hydrogen-bond acceptors (Lipinski definition) is 2. The molecule has 2 rings (SSSR count). The molecular weight excluding hydrogens is 419 g/mol. The van der Waals surface area contributed by atoms with E-state index < -0.39 is 0 Å². The van der Waals surface area contributed by atoms with Crippen molar-refractivity contribution in [2.45, 2.75) is 0 Å². The second-order valence-corrected chi connectivity index (χ2v) is 6.11. The fourth-order valence-electron chi connectivity index (χ4n) is 1.39. The Morgan fingerprint density at radius 1 is 1.16 bits per heavy atom. The molecule has 0 aliphatic heterocycles. The van der Waals surface area contributed by atoms with Crippen LogP contribution in [0, 0.1) is 0 Å². The van der Waals surface area contributed by atoms with E-state index in [-0.39, 0.29) is 5.91 Å². The molecule has 0 atom stereocenters. The summed E-state index contributed by atoms with van der Waals surface area (Å²) in [6.45, 7) is 0. The van der Waals surface area contributed by atoms with Crippen LogP contribution >= 0.6 is 55.1 Å². The molecule has 3 nitrogen and oxygen atoms in total. The van der Waals surface area contributed by atoms with Crippen molar-refractivity contribution >= 4 is 66.7 Å². The van der Waals surface area contributed by atoms with Crippen LogP contribution in [0.1, 0.15) is 10.4 Å². The van der Waals surface area contributed by atoms with Crippen LogP contribution in [0.15, 0.2) is 39.5 Å². The Bertz CT molecular complexity index is 626. The van der Waals surface area contributed by atoms with Gasteiger partial charge in [0.15, 0.2) is 0 Å². The van der Waals surface area contributed by atoms with Gasteiger partial charge in [-0.05, 0) is 40.2 Å². The lowest BCUT2D eigenvalue weighted by molar-refractivity contribution is 0.102. The summed E-state index contributed by atoms with van der Waals surface area (Å²) in [5.74, 6) is -0.311. The van der Waals surface area contributed by atoms with Crippen LogP contribution in [0.4, 0.5) is 5.69 Å². The van der Waals surface area contributed by atoms with Crippen LogP contribution in [-0.4, -0.2) is 10.9 Å². The number of amides is 1. The summed E-state index contributed by atoms with van der Waals surface area (Å²) >= 11 is 18.6. The minimum absolute atomic E-state index is 0.311. The third-order valence-electron chi connectivity index (χ3n) is 2.23. The first-order valence-corrected chi connectivity index (χ1v) is 7.39. The van der Waals surface area contributed by atoms with E-state index in [1.807, 2.05) is 0 Å². The number of halogens is 4. The van der Waals surface area contributed by atoms with Crippen molar-refractivity contribution < 1.29 is 4.79 Å². The lowest BCUT2D eigenvalue weighted by Crippen LogP contribution is -2.12. The largest absolute Gasteiger partial charge is 0.319 e. The summed E-state index contributed by atoms with van der Waals surface area (Å²) < 4.78 is 1.32. The average molecular weight is 425 g/mol. The molecular formula is C12H6Br2Cl2N2O. The molecule has 0 aliphatic carbocycles. The second kappa shape index (κ2) is 6.22. The molecule has 0 spiro atoms. The molecule has 0 saturated carbocycles. The van der Waals surface area contributed by atoms with Crippen molar-refractivity contribution in [3.63, 3.8) is 0 Å². The molecule has 0 aliphatic rings. The highest BCUT2D eigenvalue weighted by atomic mass is 79.9. The standard InChI is InChI=1S/C12H6Br2Cl2N2O/c13-7-4-8(15)11(9(16)5-7)18-12(19)6-1-2-17-10(14)3-6/h1-5H,(H,18,19). The molecule has 1 N–H and O–H groups in total. The first-order chi connectivity index (χ1) is 8.97. The molecule has 7 heteroatoms. The maximum absolute atomic E-state index is 12.1. The van der Waals surface area contributed by atoms with E-state index >= 15 is 0 Å². The monoisotopic (exact) mass is 422 g/mol. The summed E-state index contributed by atoms with van der Waals surface area (Å²) in [6.07, 6.45) is 1.53. The van der Waals surface area contributed by atoms with E-state index in [0.29, 0.717) is 25.9 Å². The average Bonchev–Trinajstić information content (AvgIpc) is 2.33. The van der Waals surface area contributed by atoms with E-state index in [1.54, 1.807) is 24.3 Å². The van der Waals surface area contributed by atoms with Gasteiger partial charge in [0, 0.05) is 16.2 Å². The predicted molar refractivity (Wildman–Crippen MR) is 84.1 cm³/mol. The van der Waals surface area contributed by atoms with Crippen LogP contribution in [0.5, 0.6) is 0 Å². The minimum atomic E-state index is -0.311. The Balaban J connectivity index is 2.29. The highest BCUT2D eigenvalue weighted by molar-refractivity contribution is 9.10. The zero-order valence-corrected chi connectivity index (χ0v) is 13.9. The lowest BCUT2D eigenvalue weighted by atomic mass is 10.2. The number of anilines is 1. The van der Waals surface area contributed by atoms with Crippen LogP contribution < -0.4 is 5.32 Å². The Morgan fingerprint density at radius 3 is 2.37 bits per heavy atom. The number of hydrogen-bond donors (Lipinski definition) is 1. The Kier molecular flexibility index (Phi) is 4.84. The highest BCUT2D eigenvalue weighted by Gasteiger charge is 2.13. The Morgan fingerprint density at radius 2 is 1.79 bits per heavy atom. The number of nitrogens with one attached hydrogen (secondary N) is 1. The number of pyridine rings is 1. The summed E-state index contributed by atoms with van der Waals surface area (Å²) in [7, 11) is 0. The van der Waals surface area contributed by atoms with Gasteiger partial charge >= 0.3 is 0 Å². The highest BCUT2D eigenvalue weighted by Crippen LogP contribution is 2.34. The summed E-state index contributed by atoms with van der Waals surface area (Å²) in [4.78, 5) is 16.0. The number of benzene rings is 1. The smallest absolute Gasteiger partial charge is 0.255 e. The molecule has 19 heavy (non-hydrogen) atoms. The van der Waals surface area contributed by atoms with Crippen molar-refractivity contribution in [3.8, 4) is 0 Å². The number of carbonyl (C=O) groups is 1. The Labute approximate surface area is 136 Å². The first-order valence-electron chi connectivity index (χ1n) is 5.05. The molecule has 0 radical (unpaired) electrons. The van der Waals surface area contributed by atoms with Gasteiger partial charge in [-0.25, -0.2) is 4.98 Å². The second-order valence-electron chi connectivity index (χ2n) is 3.57. The summed E-state index contributed by atoms with van der Waals surface area (Å²) in [5, 5.41) is 3.40. The maximum atomic E-state index is 12.1. The summed E-state index contributed by atoms with van der Waals surface area (Å²) in [6, 6.07) is 6.52. The van der Waals surface area contributed by atoms with Crippen molar-refractivity contribution in [2.24, 2.45) is 0 Å². The van der Waals surface area contributed by atoms with E-state index in [2.05, 4.69) is 42.2 Å². The van der Waals surface area contributed by atoms with Gasteiger partial charge in [0.2, 0.25) is 0 Å². The van der Waals surface area contributed by atoms with Crippen molar-refractivity contribution in [3.05, 3.63) is 55.1 Å².